The molecule has 4 aromatic rings. The van der Waals surface area contributed by atoms with Crippen LogP contribution in [0.2, 0.25) is 0 Å². The van der Waals surface area contributed by atoms with Gasteiger partial charge >= 0.3 is 366 Å². The third kappa shape index (κ3) is 13.8. The number of hydrogen-bond donors (Lipinski definition) is 0. The van der Waals surface area contributed by atoms with Gasteiger partial charge in [0, 0.05) is 0 Å². The molecule has 59 heavy (non-hydrogen) atoms. The molecule has 4 aromatic carbocycles. The first-order valence-corrected chi connectivity index (χ1v) is 29.5. The fourth-order valence-electron chi connectivity index (χ4n) is 9.23. The number of allylic oxidation sites excluding steroid dienone is 2. The van der Waals surface area contributed by atoms with Crippen molar-refractivity contribution in [3.63, 3.8) is 0 Å². The van der Waals surface area contributed by atoms with Crippen LogP contribution >= 0.6 is 15.8 Å². The topological polar surface area (TPSA) is 0 Å². The maximum Gasteiger partial charge on any atom is -1.00 e. The Labute approximate surface area is 387 Å². The Kier molecular flexibility index (Phi) is 23.6. The van der Waals surface area contributed by atoms with Crippen LogP contribution in [-0.2, 0) is 23.2 Å². The molecular weight excluding hydrogens is 873 g/mol. The van der Waals surface area contributed by atoms with Gasteiger partial charge in [-0.15, -0.1) is 0 Å². The second-order valence-corrected chi connectivity index (χ2v) is 25.4. The summed E-state index contributed by atoms with van der Waals surface area (Å²) in [5, 5.41) is 3.82. The first kappa shape index (κ1) is 50.3. The third-order valence-corrected chi connectivity index (χ3v) is 24.0. The van der Waals surface area contributed by atoms with Gasteiger partial charge in [-0.2, -0.15) is 0 Å². The predicted octanol–water partition coefficient (Wildman–Crippen LogP) is 11.9. The van der Waals surface area contributed by atoms with Gasteiger partial charge < -0.3 is 24.8 Å². The first-order valence-electron chi connectivity index (χ1n) is 23.2. The minimum absolute atomic E-state index is 0. The molecule has 6 rings (SSSR count). The monoisotopic (exact) mass is 942 g/mol. The van der Waals surface area contributed by atoms with E-state index in [9.17, 15) is 0 Å². The molecule has 0 N–H and O–H groups in total. The van der Waals surface area contributed by atoms with Crippen molar-refractivity contribution in [1.82, 2.24) is 0 Å². The molecule has 0 aromatic heterocycles. The van der Waals surface area contributed by atoms with Gasteiger partial charge in [0.05, 0.1) is 0 Å². The summed E-state index contributed by atoms with van der Waals surface area (Å²) in [6, 6.07) is 37.5. The van der Waals surface area contributed by atoms with Gasteiger partial charge in [0.1, 0.15) is 0 Å². The molecular formula is C54H72Cl2P2Zr. The van der Waals surface area contributed by atoms with E-state index in [1.165, 1.54) is 150 Å². The molecule has 2 unspecified atom stereocenters. The second kappa shape index (κ2) is 27.7. The van der Waals surface area contributed by atoms with Gasteiger partial charge in [0.25, 0.3) is 0 Å². The summed E-state index contributed by atoms with van der Waals surface area (Å²) in [6.45, 7) is 9.48. The molecule has 0 fully saturated rings. The average Bonchev–Trinajstić information content (AvgIpc) is 3.81. The molecule has 2 atom stereocenters. The van der Waals surface area contributed by atoms with Gasteiger partial charge in [-0.1, -0.05) is 0 Å². The zero-order valence-electron chi connectivity index (χ0n) is 36.8. The zero-order valence-corrected chi connectivity index (χ0v) is 42.6. The largest absolute Gasteiger partial charge is 1.00 e. The van der Waals surface area contributed by atoms with Crippen molar-refractivity contribution in [2.45, 2.75) is 138 Å². The SMILES string of the molecule is CCCCCCP(CCCCCC)C1=Cc2c(-c3ccccc3)cccc2[CH]1[Zr+2][CH]1C(P(CCCCCC)CCCCCC)=Cc2c(-c3ccccc3)cccc21.[Cl-].[Cl-]. The molecule has 316 valence electrons. The summed E-state index contributed by atoms with van der Waals surface area (Å²) < 4.78 is 1.32. The molecule has 0 bridgehead atoms. The maximum absolute atomic E-state index is 2.81. The van der Waals surface area contributed by atoms with E-state index in [2.05, 4.69) is 137 Å². The van der Waals surface area contributed by atoms with E-state index in [1.54, 1.807) is 22.3 Å². The van der Waals surface area contributed by atoms with E-state index in [4.69, 9.17) is 0 Å². The summed E-state index contributed by atoms with van der Waals surface area (Å²) in [5.74, 6) is 0. The number of benzene rings is 4. The van der Waals surface area contributed by atoms with E-state index in [-0.39, 0.29) is 40.7 Å². The van der Waals surface area contributed by atoms with E-state index >= 15 is 0 Å². The average molecular weight is 945 g/mol. The standard InChI is InChI=1S/2C27H36P.2ClH.Zr/c2*1-3-5-7-12-19-28(20-13-8-6-4-2)25-21-24-17-14-18-26(27(24)22-25)23-15-10-9-11-16-23;;;/h2*9-11,14-18,21-22H,3-8,12-13,19-20H2,1-2H3;2*1H;/q;;;;+2/p-2. The minimum Gasteiger partial charge on any atom is -1.00 e. The summed E-state index contributed by atoms with van der Waals surface area (Å²) >= 11 is -1.08. The van der Waals surface area contributed by atoms with Crippen LogP contribution in [0.25, 0.3) is 34.4 Å². The maximum atomic E-state index is 2.81. The van der Waals surface area contributed by atoms with Crippen molar-refractivity contribution in [2.24, 2.45) is 0 Å². The fourth-order valence-corrected chi connectivity index (χ4v) is 22.5. The van der Waals surface area contributed by atoms with Crippen molar-refractivity contribution >= 4 is 28.0 Å². The van der Waals surface area contributed by atoms with Gasteiger partial charge in [0.15, 0.2) is 0 Å². The summed E-state index contributed by atoms with van der Waals surface area (Å²) in [7, 11) is -0.319. The zero-order chi connectivity index (χ0) is 39.7. The Morgan fingerprint density at radius 2 is 0.729 bits per heavy atom. The van der Waals surface area contributed by atoms with Crippen LogP contribution in [0.1, 0.15) is 160 Å². The molecule has 2 aliphatic carbocycles. The van der Waals surface area contributed by atoms with Crippen LogP contribution in [0.3, 0.4) is 0 Å². The Hall–Kier alpha value is -1.32. The molecule has 0 saturated heterocycles. The van der Waals surface area contributed by atoms with E-state index < -0.39 is 23.2 Å². The summed E-state index contributed by atoms with van der Waals surface area (Å²) in [5.41, 5.74) is 12.2. The number of unbranched alkanes of at least 4 members (excludes halogenated alkanes) is 12. The van der Waals surface area contributed by atoms with Crippen molar-refractivity contribution in [3.05, 3.63) is 130 Å². The van der Waals surface area contributed by atoms with Gasteiger partial charge in [0.2, 0.25) is 0 Å². The number of halogens is 2. The quantitative estimate of drug-likeness (QED) is 0.0435. The van der Waals surface area contributed by atoms with Gasteiger partial charge in [-0.05, 0) is 0 Å². The third-order valence-electron chi connectivity index (χ3n) is 12.4. The molecule has 0 heterocycles. The fraction of sp³-hybridized carbons (Fsp3) is 0.481. The summed E-state index contributed by atoms with van der Waals surface area (Å²) in [6.07, 6.45) is 33.4. The number of hydrogen-bond acceptors (Lipinski definition) is 0. The minimum atomic E-state index is -1.08. The normalized spacial score (nSPS) is 15.3. The van der Waals surface area contributed by atoms with Crippen LogP contribution in [0, 0.1) is 0 Å². The van der Waals surface area contributed by atoms with Crippen molar-refractivity contribution in [3.8, 4) is 22.3 Å². The van der Waals surface area contributed by atoms with E-state index in [0.717, 1.165) is 0 Å². The van der Waals surface area contributed by atoms with Crippen LogP contribution in [-0.4, -0.2) is 24.6 Å². The van der Waals surface area contributed by atoms with Gasteiger partial charge in [-0.3, -0.25) is 0 Å². The van der Waals surface area contributed by atoms with Gasteiger partial charge in [-0.25, -0.2) is 0 Å². The molecule has 2 aliphatic rings. The molecule has 0 saturated carbocycles. The Bertz CT molecular complexity index is 1700. The Morgan fingerprint density at radius 3 is 1.05 bits per heavy atom. The van der Waals surface area contributed by atoms with Crippen molar-refractivity contribution < 1.29 is 48.0 Å². The molecule has 0 radical (unpaired) electrons. The molecule has 0 amide bonds. The second-order valence-electron chi connectivity index (χ2n) is 16.7. The van der Waals surface area contributed by atoms with E-state index in [1.807, 2.05) is 10.6 Å². The smallest absolute Gasteiger partial charge is 1.00 e. The van der Waals surface area contributed by atoms with Crippen LogP contribution in [0.4, 0.5) is 0 Å². The molecule has 0 aliphatic heterocycles. The number of rotatable bonds is 26. The first-order chi connectivity index (χ1) is 28.2. The van der Waals surface area contributed by atoms with Crippen LogP contribution in [0.15, 0.2) is 108 Å². The Morgan fingerprint density at radius 1 is 0.390 bits per heavy atom. The van der Waals surface area contributed by atoms with Crippen molar-refractivity contribution in [2.75, 3.05) is 24.6 Å². The summed E-state index contributed by atoms with van der Waals surface area (Å²) in [4.78, 5) is 0. The number of fused-ring (bicyclic) bond motifs is 2. The van der Waals surface area contributed by atoms with Crippen molar-refractivity contribution in [1.29, 1.82) is 0 Å². The molecule has 0 spiro atoms. The molecule has 5 heteroatoms. The predicted molar refractivity (Wildman–Crippen MR) is 255 cm³/mol. The van der Waals surface area contributed by atoms with Crippen LogP contribution in [0.5, 0.6) is 0 Å². The molecule has 0 nitrogen and oxygen atoms in total. The van der Waals surface area contributed by atoms with E-state index in [0.29, 0.717) is 7.25 Å². The Balaban J connectivity index is 0.00000384. The van der Waals surface area contributed by atoms with Crippen LogP contribution < -0.4 is 24.8 Å².